The molecule has 1 aliphatic rings. The van der Waals surface area contributed by atoms with Crippen molar-refractivity contribution in [3.8, 4) is 0 Å². The predicted molar refractivity (Wildman–Crippen MR) is 114 cm³/mol. The van der Waals surface area contributed by atoms with Crippen molar-refractivity contribution in [3.05, 3.63) is 36.0 Å². The molecular formula is C20H32N8O. The zero-order valence-corrected chi connectivity index (χ0v) is 17.6. The van der Waals surface area contributed by atoms with Crippen LogP contribution in [0.4, 0.5) is 5.95 Å². The lowest BCUT2D eigenvalue weighted by molar-refractivity contribution is 0.260. The van der Waals surface area contributed by atoms with Crippen LogP contribution in [-0.2, 0) is 6.54 Å². The number of piperazine rings is 1. The molecule has 0 spiro atoms. The Morgan fingerprint density at radius 2 is 1.93 bits per heavy atom. The summed E-state index contributed by atoms with van der Waals surface area (Å²) in [6.07, 6.45) is 3.59. The number of guanidine groups is 1. The van der Waals surface area contributed by atoms with E-state index < -0.39 is 0 Å². The van der Waals surface area contributed by atoms with Gasteiger partial charge in [-0.05, 0) is 18.9 Å². The third-order valence-electron chi connectivity index (χ3n) is 4.83. The van der Waals surface area contributed by atoms with E-state index in [2.05, 4.69) is 61.3 Å². The van der Waals surface area contributed by atoms with Crippen molar-refractivity contribution < 1.29 is 4.52 Å². The number of nitrogens with zero attached hydrogens (tertiary/aromatic N) is 6. The van der Waals surface area contributed by atoms with E-state index in [1.807, 2.05) is 12.1 Å². The van der Waals surface area contributed by atoms with E-state index in [4.69, 9.17) is 4.52 Å². The highest BCUT2D eigenvalue weighted by molar-refractivity contribution is 5.79. The smallest absolute Gasteiger partial charge is 0.225 e. The molecular weight excluding hydrogens is 368 g/mol. The van der Waals surface area contributed by atoms with Crippen LogP contribution in [0, 0.1) is 0 Å². The molecule has 0 unspecified atom stereocenters. The highest BCUT2D eigenvalue weighted by Crippen LogP contribution is 2.14. The SMILES string of the molecule is CCNC(=NCc1cc(C(C)C)no1)NCCN1CCN(c2ncccn2)CC1. The summed E-state index contributed by atoms with van der Waals surface area (Å²) in [5.41, 5.74) is 0.966. The maximum Gasteiger partial charge on any atom is 0.225 e. The van der Waals surface area contributed by atoms with E-state index in [1.54, 1.807) is 12.4 Å². The highest BCUT2D eigenvalue weighted by Gasteiger charge is 2.18. The van der Waals surface area contributed by atoms with Gasteiger partial charge in [-0.2, -0.15) is 0 Å². The molecule has 29 heavy (non-hydrogen) atoms. The summed E-state index contributed by atoms with van der Waals surface area (Å²) in [6.45, 7) is 13.3. The molecule has 1 fully saturated rings. The largest absolute Gasteiger partial charge is 0.359 e. The molecule has 9 heteroatoms. The molecule has 1 saturated heterocycles. The van der Waals surface area contributed by atoms with Gasteiger partial charge in [0.05, 0.1) is 5.69 Å². The molecule has 3 heterocycles. The van der Waals surface area contributed by atoms with E-state index in [0.717, 1.165) is 69.2 Å². The molecule has 2 aromatic rings. The molecule has 0 bridgehead atoms. The van der Waals surface area contributed by atoms with Crippen LogP contribution in [-0.4, -0.2) is 71.8 Å². The predicted octanol–water partition coefficient (Wildman–Crippen LogP) is 1.47. The monoisotopic (exact) mass is 400 g/mol. The number of aliphatic imine (C=N–C) groups is 1. The van der Waals surface area contributed by atoms with Crippen molar-refractivity contribution in [1.82, 2.24) is 30.7 Å². The topological polar surface area (TPSA) is 94.7 Å². The molecule has 2 N–H and O–H groups in total. The molecule has 158 valence electrons. The maximum atomic E-state index is 5.36. The third-order valence-corrected chi connectivity index (χ3v) is 4.83. The van der Waals surface area contributed by atoms with Crippen LogP contribution in [0.3, 0.4) is 0 Å². The van der Waals surface area contributed by atoms with Crippen LogP contribution in [0.15, 0.2) is 34.0 Å². The van der Waals surface area contributed by atoms with Gasteiger partial charge in [0.2, 0.25) is 5.95 Å². The first kappa shape index (κ1) is 21.0. The maximum absolute atomic E-state index is 5.36. The Hall–Kier alpha value is -2.68. The lowest BCUT2D eigenvalue weighted by Gasteiger charge is -2.34. The van der Waals surface area contributed by atoms with Crippen molar-refractivity contribution in [2.45, 2.75) is 33.2 Å². The van der Waals surface area contributed by atoms with Gasteiger partial charge in [-0.1, -0.05) is 19.0 Å². The average Bonchev–Trinajstić information content (AvgIpc) is 3.23. The van der Waals surface area contributed by atoms with Crippen molar-refractivity contribution in [2.24, 2.45) is 4.99 Å². The summed E-state index contributed by atoms with van der Waals surface area (Å²) in [5, 5.41) is 10.8. The van der Waals surface area contributed by atoms with Gasteiger partial charge in [0.15, 0.2) is 11.7 Å². The second-order valence-electron chi connectivity index (χ2n) is 7.37. The molecule has 0 saturated carbocycles. The molecule has 0 aliphatic carbocycles. The standard InChI is InChI=1S/C20H32N8O/c1-4-21-19(25-15-17-14-18(16(2)3)26-29-17)22-8-9-27-10-12-28(13-11-27)20-23-6-5-7-24-20/h5-7,14,16H,4,8-13,15H2,1-3H3,(H2,21,22,25). The fourth-order valence-electron chi connectivity index (χ4n) is 3.13. The number of rotatable bonds is 8. The Balaban J connectivity index is 1.41. The van der Waals surface area contributed by atoms with E-state index in [-0.39, 0.29) is 0 Å². The van der Waals surface area contributed by atoms with Crippen molar-refractivity contribution in [2.75, 3.05) is 50.7 Å². The summed E-state index contributed by atoms with van der Waals surface area (Å²) in [6, 6.07) is 3.83. The normalized spacial score (nSPS) is 15.7. The Kier molecular flexibility index (Phi) is 7.80. The highest BCUT2D eigenvalue weighted by atomic mass is 16.5. The third kappa shape index (κ3) is 6.42. The second-order valence-corrected chi connectivity index (χ2v) is 7.37. The summed E-state index contributed by atoms with van der Waals surface area (Å²) in [5.74, 6) is 2.76. The van der Waals surface area contributed by atoms with Crippen LogP contribution in [0.25, 0.3) is 0 Å². The van der Waals surface area contributed by atoms with Crippen LogP contribution >= 0.6 is 0 Å². The molecule has 0 atom stereocenters. The van der Waals surface area contributed by atoms with Crippen LogP contribution in [0.5, 0.6) is 0 Å². The summed E-state index contributed by atoms with van der Waals surface area (Å²) < 4.78 is 5.36. The Bertz CT molecular complexity index is 753. The number of hydrogen-bond acceptors (Lipinski definition) is 7. The lowest BCUT2D eigenvalue weighted by Crippen LogP contribution is -2.49. The van der Waals surface area contributed by atoms with Crippen molar-refractivity contribution in [1.29, 1.82) is 0 Å². The van der Waals surface area contributed by atoms with Gasteiger partial charge in [0.1, 0.15) is 6.54 Å². The Morgan fingerprint density at radius 3 is 2.59 bits per heavy atom. The number of hydrogen-bond donors (Lipinski definition) is 2. The summed E-state index contributed by atoms with van der Waals surface area (Å²) in [4.78, 5) is 18.0. The Morgan fingerprint density at radius 1 is 1.17 bits per heavy atom. The number of aromatic nitrogens is 3. The first-order valence-electron chi connectivity index (χ1n) is 10.4. The fraction of sp³-hybridized carbons (Fsp3) is 0.600. The van der Waals surface area contributed by atoms with Crippen LogP contribution < -0.4 is 15.5 Å². The molecule has 0 radical (unpaired) electrons. The molecule has 3 rings (SSSR count). The first-order valence-corrected chi connectivity index (χ1v) is 10.4. The summed E-state index contributed by atoms with van der Waals surface area (Å²) in [7, 11) is 0. The minimum atomic E-state index is 0.358. The van der Waals surface area contributed by atoms with E-state index >= 15 is 0 Å². The van der Waals surface area contributed by atoms with Gasteiger partial charge >= 0.3 is 0 Å². The van der Waals surface area contributed by atoms with Gasteiger partial charge in [0, 0.05) is 64.3 Å². The van der Waals surface area contributed by atoms with Gasteiger partial charge in [-0.25, -0.2) is 15.0 Å². The van der Waals surface area contributed by atoms with Gasteiger partial charge in [0.25, 0.3) is 0 Å². The van der Waals surface area contributed by atoms with Gasteiger partial charge < -0.3 is 20.1 Å². The minimum Gasteiger partial charge on any atom is -0.359 e. The minimum absolute atomic E-state index is 0.358. The van der Waals surface area contributed by atoms with E-state index in [0.29, 0.717) is 12.5 Å². The molecule has 2 aromatic heterocycles. The zero-order chi connectivity index (χ0) is 20.5. The lowest BCUT2D eigenvalue weighted by atomic mass is 10.1. The fourth-order valence-corrected chi connectivity index (χ4v) is 3.13. The summed E-state index contributed by atoms with van der Waals surface area (Å²) >= 11 is 0. The van der Waals surface area contributed by atoms with Gasteiger partial charge in [-0.3, -0.25) is 4.90 Å². The number of nitrogens with one attached hydrogen (secondary N) is 2. The molecule has 0 amide bonds. The molecule has 9 nitrogen and oxygen atoms in total. The van der Waals surface area contributed by atoms with E-state index in [1.165, 1.54) is 0 Å². The van der Waals surface area contributed by atoms with E-state index in [9.17, 15) is 0 Å². The molecule has 0 aromatic carbocycles. The van der Waals surface area contributed by atoms with Crippen molar-refractivity contribution >= 4 is 11.9 Å². The zero-order valence-electron chi connectivity index (χ0n) is 17.6. The Labute approximate surface area is 172 Å². The first-order chi connectivity index (χ1) is 14.2. The second kappa shape index (κ2) is 10.8. The average molecular weight is 401 g/mol. The van der Waals surface area contributed by atoms with Crippen LogP contribution in [0.1, 0.15) is 38.1 Å². The van der Waals surface area contributed by atoms with Crippen molar-refractivity contribution in [3.63, 3.8) is 0 Å². The van der Waals surface area contributed by atoms with Crippen LogP contribution in [0.2, 0.25) is 0 Å². The quantitative estimate of drug-likeness (QED) is 0.508. The molecule has 1 aliphatic heterocycles. The van der Waals surface area contributed by atoms with Gasteiger partial charge in [-0.15, -0.1) is 0 Å². The number of anilines is 1.